The molecule has 36 heavy (non-hydrogen) atoms. The van der Waals surface area contributed by atoms with E-state index in [1.165, 1.54) is 11.8 Å². The second-order valence-corrected chi connectivity index (χ2v) is 9.06. The van der Waals surface area contributed by atoms with Crippen molar-refractivity contribution in [2.24, 2.45) is 10.7 Å². The van der Waals surface area contributed by atoms with Gasteiger partial charge in [-0.05, 0) is 73.6 Å². The molecule has 4 rings (SSSR count). The summed E-state index contributed by atoms with van der Waals surface area (Å²) in [5.74, 6) is 1.17. The summed E-state index contributed by atoms with van der Waals surface area (Å²) >= 11 is 0. The van der Waals surface area contributed by atoms with Gasteiger partial charge in [-0.25, -0.2) is 4.99 Å². The summed E-state index contributed by atoms with van der Waals surface area (Å²) in [6.07, 6.45) is 5.88. The number of nitrogens with zero attached hydrogens (tertiary/aromatic N) is 3. The molecule has 2 heterocycles. The topological polar surface area (TPSA) is 97.4 Å². The number of hydrogen-bond donors (Lipinski definition) is 4. The van der Waals surface area contributed by atoms with Crippen LogP contribution in [-0.2, 0) is 0 Å². The van der Waals surface area contributed by atoms with Gasteiger partial charge in [-0.3, -0.25) is 0 Å². The number of piperazine rings is 1. The number of hydrogen-bond acceptors (Lipinski definition) is 6. The summed E-state index contributed by atoms with van der Waals surface area (Å²) in [7, 11) is 2.17. The highest BCUT2D eigenvalue weighted by atomic mass is 16.3. The first-order chi connectivity index (χ1) is 17.2. The summed E-state index contributed by atoms with van der Waals surface area (Å²) in [6, 6.07) is 11.5. The smallest absolute Gasteiger partial charge is 0.131 e. The molecule has 0 atom stereocenters. The fourth-order valence-corrected chi connectivity index (χ4v) is 3.82. The molecule has 196 valence electrons. The molecule has 0 aromatic heterocycles. The van der Waals surface area contributed by atoms with Crippen LogP contribution in [0.1, 0.15) is 44.7 Å². The van der Waals surface area contributed by atoms with Crippen LogP contribution in [0.5, 0.6) is 11.5 Å². The van der Waals surface area contributed by atoms with E-state index in [0.717, 1.165) is 55.1 Å². The van der Waals surface area contributed by atoms with Crippen molar-refractivity contribution in [1.82, 2.24) is 10.2 Å². The monoisotopic (exact) mass is 493 g/mol. The third-order valence-electron chi connectivity index (χ3n) is 6.05. The maximum absolute atomic E-state index is 9.43. The molecule has 2 aromatic rings. The van der Waals surface area contributed by atoms with Crippen molar-refractivity contribution in [2.75, 3.05) is 44.7 Å². The maximum atomic E-state index is 9.43. The van der Waals surface area contributed by atoms with Crippen LogP contribution >= 0.6 is 0 Å². The average Bonchev–Trinajstić information content (AvgIpc) is 2.89. The minimum absolute atomic E-state index is 0.150. The molecule has 0 aliphatic carbocycles. The number of benzene rings is 2. The number of rotatable bonds is 4. The van der Waals surface area contributed by atoms with Crippen LogP contribution in [0, 0.1) is 6.92 Å². The maximum Gasteiger partial charge on any atom is 0.131 e. The predicted molar refractivity (Wildman–Crippen MR) is 153 cm³/mol. The van der Waals surface area contributed by atoms with E-state index >= 15 is 0 Å². The number of likely N-dealkylation sites (N-methyl/N-ethyl adjacent to an activating group) is 1. The summed E-state index contributed by atoms with van der Waals surface area (Å²) in [5.41, 5.74) is 10.9. The van der Waals surface area contributed by atoms with Crippen LogP contribution in [0.15, 0.2) is 65.3 Å². The molecule has 0 spiro atoms. The Kier molecular flexibility index (Phi) is 11.3. The Hall–Kier alpha value is -3.45. The number of aromatic hydroxyl groups is 2. The number of phenolic OH excluding ortho intramolecular Hbond substituents is 2. The zero-order valence-electron chi connectivity index (χ0n) is 22.6. The lowest BCUT2D eigenvalue weighted by molar-refractivity contribution is 0.313. The number of nitrogens with two attached hydrogens (primary N) is 1. The number of amidine groups is 1. The van der Waals surface area contributed by atoms with E-state index in [4.69, 9.17) is 5.73 Å². The van der Waals surface area contributed by atoms with E-state index in [-0.39, 0.29) is 17.4 Å². The van der Waals surface area contributed by atoms with Gasteiger partial charge in [0.25, 0.3) is 0 Å². The molecule has 0 unspecified atom stereocenters. The third kappa shape index (κ3) is 8.34. The second-order valence-electron chi connectivity index (χ2n) is 9.06. The van der Waals surface area contributed by atoms with Crippen molar-refractivity contribution in [3.63, 3.8) is 0 Å². The lowest BCUT2D eigenvalue weighted by Gasteiger charge is -2.34. The van der Waals surface area contributed by atoms with E-state index < -0.39 is 0 Å². The number of phenols is 2. The van der Waals surface area contributed by atoms with Crippen LogP contribution in [-0.4, -0.2) is 60.7 Å². The highest BCUT2D eigenvalue weighted by Crippen LogP contribution is 2.31. The van der Waals surface area contributed by atoms with Gasteiger partial charge in [0.2, 0.25) is 0 Å². The Labute approximate surface area is 216 Å². The number of aliphatic imine (C=N–C) groups is 1. The Bertz CT molecular complexity index is 1050. The molecule has 1 saturated heterocycles. The van der Waals surface area contributed by atoms with Crippen LogP contribution in [0.2, 0.25) is 0 Å². The standard InChI is InChI=1S/C17H23N5.C10H14O2.C2H6/c1-21-10-12-22(13-11-21)16-4-2-15(3-5-16)20-17(18)14-6-8-19-9-7-14;1-6(2)8-4-7(3)9(11)5-10(8)12;1-2/h2-8,19H,9-13H2,1H3,(H2,18,20);4-6,11-12H,1-3H3;1-2H3. The third-order valence-corrected chi connectivity index (χ3v) is 6.05. The van der Waals surface area contributed by atoms with Gasteiger partial charge < -0.3 is 31.1 Å². The molecule has 7 heteroatoms. The summed E-state index contributed by atoms with van der Waals surface area (Å²) < 4.78 is 0. The number of dihydropyridines is 1. The first-order valence-electron chi connectivity index (χ1n) is 12.7. The molecule has 0 radical (unpaired) electrons. The molecular formula is C29H43N5O2. The van der Waals surface area contributed by atoms with Crippen molar-refractivity contribution >= 4 is 17.2 Å². The van der Waals surface area contributed by atoms with E-state index in [2.05, 4.69) is 39.3 Å². The Morgan fingerprint density at radius 1 is 1.00 bits per heavy atom. The molecule has 5 N–H and O–H groups in total. The van der Waals surface area contributed by atoms with Crippen molar-refractivity contribution < 1.29 is 10.2 Å². The van der Waals surface area contributed by atoms with Crippen molar-refractivity contribution in [3.05, 3.63) is 71.5 Å². The largest absolute Gasteiger partial charge is 0.508 e. The van der Waals surface area contributed by atoms with E-state index in [1.54, 1.807) is 0 Å². The molecule has 0 amide bonds. The normalized spacial score (nSPS) is 15.8. The van der Waals surface area contributed by atoms with Gasteiger partial charge in [0, 0.05) is 50.1 Å². The first-order valence-corrected chi connectivity index (χ1v) is 12.7. The average molecular weight is 494 g/mol. The minimum Gasteiger partial charge on any atom is -0.508 e. The van der Waals surface area contributed by atoms with Gasteiger partial charge in [0.15, 0.2) is 0 Å². The zero-order chi connectivity index (χ0) is 26.7. The molecule has 1 fully saturated rings. The summed E-state index contributed by atoms with van der Waals surface area (Å²) in [4.78, 5) is 9.27. The first kappa shape index (κ1) is 28.8. The number of nitrogens with one attached hydrogen (secondary N) is 1. The van der Waals surface area contributed by atoms with Gasteiger partial charge in [-0.15, -0.1) is 0 Å². The highest BCUT2D eigenvalue weighted by Gasteiger charge is 2.14. The van der Waals surface area contributed by atoms with Crippen LogP contribution in [0.3, 0.4) is 0 Å². The summed E-state index contributed by atoms with van der Waals surface area (Å²) in [6.45, 7) is 15.0. The Morgan fingerprint density at radius 3 is 2.19 bits per heavy atom. The van der Waals surface area contributed by atoms with Crippen molar-refractivity contribution in [2.45, 2.75) is 40.5 Å². The van der Waals surface area contributed by atoms with Crippen LogP contribution in [0.4, 0.5) is 11.4 Å². The molecule has 2 aliphatic heterocycles. The number of anilines is 1. The van der Waals surface area contributed by atoms with Crippen molar-refractivity contribution in [3.8, 4) is 11.5 Å². The van der Waals surface area contributed by atoms with E-state index in [1.807, 2.05) is 71.2 Å². The molecule has 0 saturated carbocycles. The lowest BCUT2D eigenvalue weighted by atomic mass is 9.99. The molecule has 2 aliphatic rings. The van der Waals surface area contributed by atoms with E-state index in [0.29, 0.717) is 5.84 Å². The van der Waals surface area contributed by atoms with Crippen LogP contribution in [0.25, 0.3) is 0 Å². The zero-order valence-corrected chi connectivity index (χ0v) is 22.6. The second kappa shape index (κ2) is 14.2. The van der Waals surface area contributed by atoms with Gasteiger partial charge in [-0.2, -0.15) is 0 Å². The predicted octanol–water partition coefficient (Wildman–Crippen LogP) is 5.03. The summed E-state index contributed by atoms with van der Waals surface area (Å²) in [5, 5.41) is 21.8. The van der Waals surface area contributed by atoms with Gasteiger partial charge in [-0.1, -0.05) is 33.8 Å². The van der Waals surface area contributed by atoms with E-state index in [9.17, 15) is 10.2 Å². The Morgan fingerprint density at radius 2 is 1.64 bits per heavy atom. The Balaban J connectivity index is 0.000000277. The highest BCUT2D eigenvalue weighted by molar-refractivity contribution is 6.01. The lowest BCUT2D eigenvalue weighted by Crippen LogP contribution is -2.44. The fraction of sp³-hybridized carbons (Fsp3) is 0.414. The van der Waals surface area contributed by atoms with Crippen LogP contribution < -0.4 is 16.0 Å². The molecule has 2 aromatic carbocycles. The van der Waals surface area contributed by atoms with Gasteiger partial charge >= 0.3 is 0 Å². The molecule has 0 bridgehead atoms. The number of aryl methyl sites for hydroxylation is 1. The van der Waals surface area contributed by atoms with Gasteiger partial charge in [0.1, 0.15) is 17.3 Å². The fourth-order valence-electron chi connectivity index (χ4n) is 3.82. The molecular weight excluding hydrogens is 450 g/mol. The van der Waals surface area contributed by atoms with Gasteiger partial charge in [0.05, 0.1) is 5.69 Å². The minimum atomic E-state index is 0.150. The molecule has 7 nitrogen and oxygen atoms in total. The van der Waals surface area contributed by atoms with Crippen molar-refractivity contribution in [1.29, 1.82) is 0 Å². The SMILES string of the molecule is CC.CN1CCN(c2ccc(N=C(N)C3=CCNC=C3)cc2)CC1.Cc1cc(C(C)C)c(O)cc1O. The quantitative estimate of drug-likeness (QED) is 0.352.